The van der Waals surface area contributed by atoms with E-state index in [0.29, 0.717) is 31.2 Å². The summed E-state index contributed by atoms with van der Waals surface area (Å²) in [5, 5.41) is 3.36. The summed E-state index contributed by atoms with van der Waals surface area (Å²) in [5.41, 5.74) is 0.914. The minimum absolute atomic E-state index is 0.0353. The van der Waals surface area contributed by atoms with Crippen LogP contribution in [0.4, 0.5) is 14.5 Å². The number of alkyl halides is 2. The second kappa shape index (κ2) is 7.43. The largest absolute Gasteiger partial charge is 0.312 e. The molecule has 1 saturated heterocycles. The van der Waals surface area contributed by atoms with E-state index >= 15 is 0 Å². The first-order valence-electron chi connectivity index (χ1n) is 9.79. The number of nitrogens with zero attached hydrogens (tertiary/aromatic N) is 3. The smallest absolute Gasteiger partial charge is 0.289 e. The van der Waals surface area contributed by atoms with E-state index in [2.05, 4.69) is 22.1 Å². The maximum absolute atomic E-state index is 14.4. The molecule has 0 bridgehead atoms. The molecule has 0 aromatic carbocycles. The highest BCUT2D eigenvalue weighted by Gasteiger charge is 2.41. The molecule has 27 heavy (non-hydrogen) atoms. The number of pyridine rings is 1. The summed E-state index contributed by atoms with van der Waals surface area (Å²) in [6, 6.07) is 1.77. The number of carbonyl (C=O) groups excluding carboxylic acids is 1. The number of halogens is 2. The minimum Gasteiger partial charge on any atom is -0.312 e. The van der Waals surface area contributed by atoms with Crippen molar-refractivity contribution in [2.75, 3.05) is 37.6 Å². The first-order chi connectivity index (χ1) is 12.6. The normalized spacial score (nSPS) is 22.7. The fraction of sp³-hybridized carbons (Fsp3) is 0.700. The lowest BCUT2D eigenvalue weighted by atomic mass is 9.88. The number of aromatic nitrogens is 1. The number of fused-ring (bicyclic) bond motifs is 1. The second-order valence-corrected chi connectivity index (χ2v) is 8.50. The Labute approximate surface area is 160 Å². The van der Waals surface area contributed by atoms with Crippen molar-refractivity contribution in [3.8, 4) is 0 Å². The highest BCUT2D eigenvalue weighted by molar-refractivity contribution is 5.97. The van der Waals surface area contributed by atoms with Crippen LogP contribution in [0.2, 0.25) is 0 Å². The number of anilines is 1. The molecule has 2 aliphatic heterocycles. The zero-order chi connectivity index (χ0) is 19.8. The summed E-state index contributed by atoms with van der Waals surface area (Å²) < 4.78 is 28.8. The highest BCUT2D eigenvalue weighted by Crippen LogP contribution is 2.43. The monoisotopic (exact) mass is 380 g/mol. The van der Waals surface area contributed by atoms with Crippen molar-refractivity contribution in [1.82, 2.24) is 15.2 Å². The first kappa shape index (κ1) is 20.1. The summed E-state index contributed by atoms with van der Waals surface area (Å²) in [6.45, 7) is 11.2. The summed E-state index contributed by atoms with van der Waals surface area (Å²) >= 11 is 0. The molecule has 0 saturated carbocycles. The van der Waals surface area contributed by atoms with Crippen LogP contribution in [0.15, 0.2) is 12.3 Å². The van der Waals surface area contributed by atoms with Crippen LogP contribution in [-0.2, 0) is 16.1 Å². The minimum atomic E-state index is -2.97. The van der Waals surface area contributed by atoms with Gasteiger partial charge in [-0.3, -0.25) is 14.7 Å². The molecule has 1 amide bonds. The van der Waals surface area contributed by atoms with Crippen molar-refractivity contribution >= 4 is 11.6 Å². The van der Waals surface area contributed by atoms with Crippen molar-refractivity contribution in [2.24, 2.45) is 0 Å². The van der Waals surface area contributed by atoms with Crippen LogP contribution in [-0.4, -0.2) is 54.6 Å². The number of nitrogens with one attached hydrogen (secondary N) is 1. The van der Waals surface area contributed by atoms with Crippen molar-refractivity contribution in [3.63, 3.8) is 0 Å². The Bertz CT molecular complexity index is 707. The zero-order valence-corrected chi connectivity index (χ0v) is 16.7. The SMILES string of the molecule is CCCC(F)(F)c1cc2c(cn1)C(C)(C)CN2C(=O)CN1CCN[C@H](C)C1. The van der Waals surface area contributed by atoms with Gasteiger partial charge in [-0.15, -0.1) is 0 Å². The van der Waals surface area contributed by atoms with Gasteiger partial charge in [-0.05, 0) is 13.0 Å². The van der Waals surface area contributed by atoms with Crippen LogP contribution < -0.4 is 10.2 Å². The zero-order valence-electron chi connectivity index (χ0n) is 16.7. The van der Waals surface area contributed by atoms with E-state index in [4.69, 9.17) is 0 Å². The van der Waals surface area contributed by atoms with Crippen molar-refractivity contribution < 1.29 is 13.6 Å². The number of hydrogen-bond acceptors (Lipinski definition) is 4. The van der Waals surface area contributed by atoms with Crippen molar-refractivity contribution in [3.05, 3.63) is 23.5 Å². The lowest BCUT2D eigenvalue weighted by Gasteiger charge is -2.32. The number of amides is 1. The van der Waals surface area contributed by atoms with Gasteiger partial charge in [0, 0.05) is 55.8 Å². The van der Waals surface area contributed by atoms with E-state index in [1.165, 1.54) is 12.3 Å². The molecule has 0 aliphatic carbocycles. The van der Waals surface area contributed by atoms with Gasteiger partial charge in [-0.1, -0.05) is 27.2 Å². The second-order valence-electron chi connectivity index (χ2n) is 8.50. The molecule has 0 unspecified atom stereocenters. The van der Waals surface area contributed by atoms with Gasteiger partial charge >= 0.3 is 0 Å². The van der Waals surface area contributed by atoms with E-state index < -0.39 is 5.92 Å². The predicted octanol–water partition coefficient (Wildman–Crippen LogP) is 2.89. The average Bonchev–Trinajstić information content (AvgIpc) is 2.86. The van der Waals surface area contributed by atoms with E-state index in [0.717, 1.165) is 25.2 Å². The summed E-state index contributed by atoms with van der Waals surface area (Å²) in [7, 11) is 0. The van der Waals surface area contributed by atoms with E-state index in [-0.39, 0.29) is 23.4 Å². The van der Waals surface area contributed by atoms with Gasteiger partial charge < -0.3 is 10.2 Å². The molecule has 1 fully saturated rings. The molecule has 3 heterocycles. The Morgan fingerprint density at radius 1 is 1.44 bits per heavy atom. The van der Waals surface area contributed by atoms with E-state index in [9.17, 15) is 13.6 Å². The molecule has 2 aliphatic rings. The molecule has 0 spiro atoms. The standard InChI is InChI=1S/C20H30F2N4O/c1-5-6-20(21,22)17-9-16-15(10-24-17)19(3,4)13-26(16)18(27)12-25-8-7-23-14(2)11-25/h9-10,14,23H,5-8,11-13H2,1-4H3/t14-/m1/s1. The van der Waals surface area contributed by atoms with Gasteiger partial charge in [0.25, 0.3) is 5.92 Å². The van der Waals surface area contributed by atoms with E-state index in [1.54, 1.807) is 11.8 Å². The molecule has 1 N–H and O–H groups in total. The van der Waals surface area contributed by atoms with Gasteiger partial charge in [0.05, 0.1) is 12.2 Å². The summed E-state index contributed by atoms with van der Waals surface area (Å²) in [4.78, 5) is 20.9. The maximum Gasteiger partial charge on any atom is 0.289 e. The van der Waals surface area contributed by atoms with Crippen LogP contribution >= 0.6 is 0 Å². The Morgan fingerprint density at radius 2 is 2.19 bits per heavy atom. The van der Waals surface area contributed by atoms with Crippen molar-refractivity contribution in [1.29, 1.82) is 0 Å². The third-order valence-corrected chi connectivity index (χ3v) is 5.51. The number of piperazine rings is 1. The van der Waals surface area contributed by atoms with Crippen LogP contribution in [0.3, 0.4) is 0 Å². The predicted molar refractivity (Wildman–Crippen MR) is 102 cm³/mol. The summed E-state index contributed by atoms with van der Waals surface area (Å²) in [5.74, 6) is -3.01. The quantitative estimate of drug-likeness (QED) is 0.853. The third-order valence-electron chi connectivity index (χ3n) is 5.51. The molecule has 1 atom stereocenters. The highest BCUT2D eigenvalue weighted by atomic mass is 19.3. The molecule has 3 rings (SSSR count). The number of rotatable bonds is 5. The fourth-order valence-corrected chi connectivity index (χ4v) is 4.05. The lowest BCUT2D eigenvalue weighted by Crippen LogP contribution is -2.52. The molecule has 1 aromatic heterocycles. The molecule has 5 nitrogen and oxygen atoms in total. The van der Waals surface area contributed by atoms with E-state index in [1.807, 2.05) is 13.8 Å². The van der Waals surface area contributed by atoms with Crippen LogP contribution in [0, 0.1) is 0 Å². The van der Waals surface area contributed by atoms with Crippen LogP contribution in [0.5, 0.6) is 0 Å². The Hall–Kier alpha value is -1.60. The van der Waals surface area contributed by atoms with Gasteiger partial charge in [-0.2, -0.15) is 8.78 Å². The molecular formula is C20H30F2N4O. The van der Waals surface area contributed by atoms with Crippen LogP contribution in [0.1, 0.15) is 51.8 Å². The Kier molecular flexibility index (Phi) is 5.54. The van der Waals surface area contributed by atoms with Gasteiger partial charge in [0.15, 0.2) is 0 Å². The Balaban J connectivity index is 1.85. The van der Waals surface area contributed by atoms with Crippen molar-refractivity contribution in [2.45, 2.75) is 57.9 Å². The average molecular weight is 380 g/mol. The Morgan fingerprint density at radius 3 is 2.85 bits per heavy atom. The molecule has 1 aromatic rings. The summed E-state index contributed by atoms with van der Waals surface area (Å²) in [6.07, 6.45) is 1.67. The lowest BCUT2D eigenvalue weighted by molar-refractivity contribution is -0.120. The van der Waals surface area contributed by atoms with Gasteiger partial charge in [-0.25, -0.2) is 0 Å². The first-order valence-corrected chi connectivity index (χ1v) is 9.79. The molecule has 0 radical (unpaired) electrons. The number of carbonyl (C=O) groups is 1. The van der Waals surface area contributed by atoms with Gasteiger partial charge in [0.2, 0.25) is 5.91 Å². The molecule has 7 heteroatoms. The molecule has 150 valence electrons. The molecular weight excluding hydrogens is 350 g/mol. The topological polar surface area (TPSA) is 48.5 Å². The number of hydrogen-bond donors (Lipinski definition) is 1. The third kappa shape index (κ3) is 4.14. The fourth-order valence-electron chi connectivity index (χ4n) is 4.05. The van der Waals surface area contributed by atoms with Crippen LogP contribution in [0.25, 0.3) is 0 Å². The van der Waals surface area contributed by atoms with Gasteiger partial charge in [0.1, 0.15) is 5.69 Å². The maximum atomic E-state index is 14.4.